The van der Waals surface area contributed by atoms with Gasteiger partial charge >= 0.3 is 0 Å². The third-order valence-corrected chi connectivity index (χ3v) is 10.4. The molecule has 0 amide bonds. The van der Waals surface area contributed by atoms with Gasteiger partial charge in [0.2, 0.25) is 0 Å². The van der Waals surface area contributed by atoms with E-state index < -0.39 is 0 Å². The molecule has 7 aromatic rings. The maximum Gasteiger partial charge on any atom is 0.0159 e. The van der Waals surface area contributed by atoms with Gasteiger partial charge in [-0.25, -0.2) is 0 Å². The number of allylic oxidation sites excluding steroid dienone is 4. The van der Waals surface area contributed by atoms with E-state index in [0.29, 0.717) is 0 Å². The summed E-state index contributed by atoms with van der Waals surface area (Å²) in [4.78, 5) is 0. The Balaban J connectivity index is 1.10. The average Bonchev–Trinajstić information content (AvgIpc) is 3.59. The lowest BCUT2D eigenvalue weighted by Crippen LogP contribution is -2.15. The van der Waals surface area contributed by atoms with Gasteiger partial charge in [-0.3, -0.25) is 0 Å². The van der Waals surface area contributed by atoms with E-state index in [-0.39, 0.29) is 5.41 Å². The third kappa shape index (κ3) is 4.22. The fraction of sp³-hybridized carbons (Fsp3) is 0.0638. The van der Waals surface area contributed by atoms with E-state index in [0.717, 1.165) is 0 Å². The Morgan fingerprint density at radius 3 is 1.96 bits per heavy atom. The monoisotopic (exact) mass is 598 g/mol. The van der Waals surface area contributed by atoms with Crippen molar-refractivity contribution in [2.75, 3.05) is 0 Å². The van der Waals surface area contributed by atoms with Gasteiger partial charge in [0.1, 0.15) is 0 Å². The molecule has 47 heavy (non-hydrogen) atoms. The van der Waals surface area contributed by atoms with Crippen molar-refractivity contribution in [3.8, 4) is 44.5 Å². The van der Waals surface area contributed by atoms with Crippen LogP contribution >= 0.6 is 0 Å². The minimum Gasteiger partial charge on any atom is -0.0991 e. The van der Waals surface area contributed by atoms with E-state index in [9.17, 15) is 0 Å². The van der Waals surface area contributed by atoms with E-state index in [2.05, 4.69) is 166 Å². The SMILES string of the molecule is C=CC=CC1=Cc2ccc(-c3cccc(-c4ccc5c(c4)C(C)(C)c4cc(-c6cccc7ccccc67)ccc4-5)c3)c3cccc1c23. The minimum atomic E-state index is -0.110. The topological polar surface area (TPSA) is 0 Å². The molecule has 0 heteroatoms. The number of fused-ring (bicyclic) bond motifs is 4. The molecule has 0 nitrogen and oxygen atoms in total. The van der Waals surface area contributed by atoms with Crippen LogP contribution in [0.4, 0.5) is 0 Å². The number of hydrogen-bond acceptors (Lipinski definition) is 0. The van der Waals surface area contributed by atoms with Crippen molar-refractivity contribution >= 4 is 33.2 Å². The van der Waals surface area contributed by atoms with Gasteiger partial charge in [-0.2, -0.15) is 0 Å². The van der Waals surface area contributed by atoms with Crippen molar-refractivity contribution in [3.05, 3.63) is 181 Å². The van der Waals surface area contributed by atoms with Gasteiger partial charge in [-0.15, -0.1) is 0 Å². The molecule has 0 atom stereocenters. The average molecular weight is 599 g/mol. The zero-order chi connectivity index (χ0) is 31.7. The normalized spacial score (nSPS) is 14.0. The first-order chi connectivity index (χ1) is 23.0. The number of rotatable bonds is 5. The summed E-state index contributed by atoms with van der Waals surface area (Å²) < 4.78 is 0. The Bertz CT molecular complexity index is 2490. The first-order valence-electron chi connectivity index (χ1n) is 16.5. The van der Waals surface area contributed by atoms with Gasteiger partial charge in [0.25, 0.3) is 0 Å². The quantitative estimate of drug-likeness (QED) is 0.173. The zero-order valence-electron chi connectivity index (χ0n) is 26.7. The van der Waals surface area contributed by atoms with E-state index >= 15 is 0 Å². The van der Waals surface area contributed by atoms with Crippen LogP contribution < -0.4 is 0 Å². The Morgan fingerprint density at radius 1 is 0.511 bits per heavy atom. The summed E-state index contributed by atoms with van der Waals surface area (Å²) in [6.07, 6.45) is 8.29. The Labute approximate surface area is 276 Å². The van der Waals surface area contributed by atoms with Crippen molar-refractivity contribution in [3.63, 3.8) is 0 Å². The van der Waals surface area contributed by atoms with Crippen LogP contribution in [0.2, 0.25) is 0 Å². The van der Waals surface area contributed by atoms with Crippen molar-refractivity contribution < 1.29 is 0 Å². The molecule has 2 aliphatic rings. The van der Waals surface area contributed by atoms with Crippen LogP contribution in [0.25, 0.3) is 77.7 Å². The highest BCUT2D eigenvalue weighted by molar-refractivity contribution is 6.15. The van der Waals surface area contributed by atoms with Crippen LogP contribution in [-0.2, 0) is 5.41 Å². The van der Waals surface area contributed by atoms with Crippen LogP contribution in [0, 0.1) is 0 Å². The van der Waals surface area contributed by atoms with E-state index in [1.54, 1.807) is 0 Å². The molecule has 0 saturated heterocycles. The highest BCUT2D eigenvalue weighted by Crippen LogP contribution is 2.51. The summed E-state index contributed by atoms with van der Waals surface area (Å²) in [6, 6.07) is 49.7. The Morgan fingerprint density at radius 2 is 1.11 bits per heavy atom. The molecule has 0 unspecified atom stereocenters. The van der Waals surface area contributed by atoms with Crippen LogP contribution in [0.1, 0.15) is 36.1 Å². The number of hydrogen-bond donors (Lipinski definition) is 0. The molecule has 0 saturated carbocycles. The summed E-state index contributed by atoms with van der Waals surface area (Å²) in [6.45, 7) is 8.61. The summed E-state index contributed by atoms with van der Waals surface area (Å²) in [5, 5.41) is 5.20. The predicted octanol–water partition coefficient (Wildman–Crippen LogP) is 12.9. The molecule has 0 fully saturated rings. The van der Waals surface area contributed by atoms with Crippen molar-refractivity contribution in [2.24, 2.45) is 0 Å². The zero-order valence-corrected chi connectivity index (χ0v) is 26.7. The lowest BCUT2D eigenvalue weighted by molar-refractivity contribution is 0.661. The standard InChI is InChI=1S/C47H34/c1-4-5-11-34-27-36-22-23-39(43-19-10-18-40(34)46(36)43)33-15-8-14-31(26-33)32-20-24-41-42-25-21-35(29-45(42)47(2,3)44(41)28-32)38-17-9-13-30-12-6-7-16-37(30)38/h4-29H,1H2,2-3H3. The summed E-state index contributed by atoms with van der Waals surface area (Å²) in [7, 11) is 0. The molecule has 7 aromatic carbocycles. The van der Waals surface area contributed by atoms with Crippen molar-refractivity contribution in [1.29, 1.82) is 0 Å². The van der Waals surface area contributed by atoms with Gasteiger partial charge in [0.15, 0.2) is 0 Å². The maximum absolute atomic E-state index is 3.85. The fourth-order valence-corrected chi connectivity index (χ4v) is 8.03. The smallest absolute Gasteiger partial charge is 0.0159 e. The van der Waals surface area contributed by atoms with Gasteiger partial charge in [0.05, 0.1) is 0 Å². The molecule has 2 aliphatic carbocycles. The molecule has 0 spiro atoms. The predicted molar refractivity (Wildman–Crippen MR) is 203 cm³/mol. The molecule has 0 radical (unpaired) electrons. The molecule has 0 heterocycles. The summed E-state index contributed by atoms with van der Waals surface area (Å²) in [5.74, 6) is 0. The lowest BCUT2D eigenvalue weighted by Gasteiger charge is -2.23. The van der Waals surface area contributed by atoms with Crippen LogP contribution in [0.5, 0.6) is 0 Å². The number of benzene rings is 7. The largest absolute Gasteiger partial charge is 0.0991 e. The Kier molecular flexibility index (Phi) is 6.11. The highest BCUT2D eigenvalue weighted by Gasteiger charge is 2.36. The summed E-state index contributed by atoms with van der Waals surface area (Å²) in [5.41, 5.74) is 16.7. The second kappa shape index (κ2) is 10.4. The van der Waals surface area contributed by atoms with Crippen LogP contribution in [-0.4, -0.2) is 0 Å². The first-order valence-corrected chi connectivity index (χ1v) is 16.5. The molecular formula is C47H34. The molecule has 0 N–H and O–H groups in total. The van der Waals surface area contributed by atoms with Gasteiger partial charge in [0, 0.05) is 5.41 Å². The molecule has 9 rings (SSSR count). The summed E-state index contributed by atoms with van der Waals surface area (Å²) >= 11 is 0. The lowest BCUT2D eigenvalue weighted by atomic mass is 9.80. The fourth-order valence-electron chi connectivity index (χ4n) is 8.03. The van der Waals surface area contributed by atoms with Crippen molar-refractivity contribution in [1.82, 2.24) is 0 Å². The van der Waals surface area contributed by atoms with Crippen molar-refractivity contribution in [2.45, 2.75) is 19.3 Å². The van der Waals surface area contributed by atoms with Gasteiger partial charge < -0.3 is 0 Å². The molecule has 0 bridgehead atoms. The highest BCUT2D eigenvalue weighted by atomic mass is 14.4. The van der Waals surface area contributed by atoms with Gasteiger partial charge in [-0.05, 0) is 118 Å². The Hall–Kier alpha value is -5.72. The molecule has 0 aromatic heterocycles. The van der Waals surface area contributed by atoms with E-state index in [1.807, 2.05) is 12.2 Å². The third-order valence-electron chi connectivity index (χ3n) is 10.4. The first kappa shape index (κ1) is 27.6. The second-order valence-electron chi connectivity index (χ2n) is 13.4. The van der Waals surface area contributed by atoms with E-state index in [4.69, 9.17) is 0 Å². The van der Waals surface area contributed by atoms with Crippen LogP contribution in [0.3, 0.4) is 0 Å². The molecular weight excluding hydrogens is 565 g/mol. The maximum atomic E-state index is 3.85. The second-order valence-corrected chi connectivity index (χ2v) is 13.4. The van der Waals surface area contributed by atoms with Crippen LogP contribution in [0.15, 0.2) is 158 Å². The molecule has 222 valence electrons. The van der Waals surface area contributed by atoms with Gasteiger partial charge in [-0.1, -0.05) is 154 Å². The van der Waals surface area contributed by atoms with E-state index in [1.165, 1.54) is 93.9 Å². The molecule has 0 aliphatic heterocycles. The minimum absolute atomic E-state index is 0.110.